The van der Waals surface area contributed by atoms with Gasteiger partial charge in [-0.05, 0) is 0 Å². The van der Waals surface area contributed by atoms with Crippen molar-refractivity contribution < 1.29 is 10.9 Å². The first kappa shape index (κ1) is 8.73. The van der Waals surface area contributed by atoms with Crippen LogP contribution in [0.2, 0.25) is 43.3 Å². The molecule has 1 aromatic heterocycles. The molecule has 0 amide bonds. The number of benzene rings is 1. The molecule has 10 fully saturated rings. The molecular weight excluding hydrogens is 330 g/mol. The van der Waals surface area contributed by atoms with Crippen LogP contribution in [0.25, 0.3) is 11.0 Å². The molecule has 11 heterocycles. The van der Waals surface area contributed by atoms with Gasteiger partial charge >= 0.3 is 121 Å². The van der Waals surface area contributed by atoms with Crippen LogP contribution in [0, 0.1) is 0 Å². The summed E-state index contributed by atoms with van der Waals surface area (Å²) in [5.41, 5.74) is 7.55. The Morgan fingerprint density at radius 2 is 1.61 bits per heavy atom. The molecule has 10 saturated heterocycles. The Morgan fingerprint density at radius 1 is 0.957 bits per heavy atom. The normalized spacial score (nSPS) is 91.2. The summed E-state index contributed by atoms with van der Waals surface area (Å²) in [4.78, 5) is 23.8. The van der Waals surface area contributed by atoms with E-state index >= 15 is 0 Å². The summed E-state index contributed by atoms with van der Waals surface area (Å²) in [6.07, 6.45) is 0. The van der Waals surface area contributed by atoms with E-state index in [1.807, 2.05) is 24.3 Å². The van der Waals surface area contributed by atoms with Crippen molar-refractivity contribution in [2.75, 3.05) is 5.73 Å². The van der Waals surface area contributed by atoms with Gasteiger partial charge in [0.2, 0.25) is 0 Å². The summed E-state index contributed by atoms with van der Waals surface area (Å²) in [7, 11) is 0. The van der Waals surface area contributed by atoms with Crippen LogP contribution in [-0.2, 0) is 10.8 Å². The molecule has 23 heavy (non-hydrogen) atoms. The van der Waals surface area contributed by atoms with E-state index in [4.69, 9.17) is 10.2 Å². The molecule has 4 unspecified atom stereocenters. The van der Waals surface area contributed by atoms with E-state index in [-0.39, 0.29) is 5.43 Å². The van der Waals surface area contributed by atoms with Gasteiger partial charge in [-0.15, -0.1) is 0 Å². The number of fused-ring (bicyclic) bond motifs is 11. The van der Waals surface area contributed by atoms with E-state index in [2.05, 4.69) is 0 Å². The zero-order valence-corrected chi connectivity index (χ0v) is 13.4. The molecule has 12 rings (SSSR count). The van der Waals surface area contributed by atoms with E-state index in [1.54, 1.807) is 0 Å². The van der Waals surface area contributed by atoms with Gasteiger partial charge in [-0.2, -0.15) is 0 Å². The molecule has 0 saturated carbocycles. The first-order chi connectivity index (χ1) is 10.9. The molecule has 2 aromatic rings. The Balaban J connectivity index is 1.37. The number of hydrogen-bond donors (Lipinski definition) is 1. The van der Waals surface area contributed by atoms with E-state index in [9.17, 15) is 4.79 Å². The molecule has 10 aliphatic heterocycles. The first-order valence-corrected chi connectivity index (χ1v) is 15.3. The minimum absolute atomic E-state index is 0.164. The van der Waals surface area contributed by atoms with Crippen molar-refractivity contribution in [2.45, 2.75) is 47.7 Å². The maximum absolute atomic E-state index is 12.8. The Morgan fingerprint density at radius 3 is 2.13 bits per heavy atom. The summed E-state index contributed by atoms with van der Waals surface area (Å²) < 4.78 is 7.02. The number of nitrogens with two attached hydrogens (primary N) is 1. The van der Waals surface area contributed by atoms with Gasteiger partial charge in [0.1, 0.15) is 0 Å². The molecule has 10 aliphatic rings. The van der Waals surface area contributed by atoms with E-state index in [1.165, 1.54) is 33.7 Å². The average molecular weight is 345 g/mol. The van der Waals surface area contributed by atoms with Gasteiger partial charge in [0.05, 0.1) is 0 Å². The molecule has 1 spiro atoms. The van der Waals surface area contributed by atoms with Crippen molar-refractivity contribution in [3.8, 4) is 0 Å². The molecule has 0 bridgehead atoms. The zero-order chi connectivity index (χ0) is 14.4. The topological polar surface area (TPSA) is 56.2 Å². The van der Waals surface area contributed by atoms with Crippen LogP contribution >= 0.6 is 0 Å². The Hall–Kier alpha value is -1.25. The second-order valence-electron chi connectivity index (χ2n) is 12.4. The van der Waals surface area contributed by atoms with Crippen LogP contribution in [-0.4, -0.2) is 0 Å². The van der Waals surface area contributed by atoms with Gasteiger partial charge in [0, 0.05) is 0 Å². The molecular formula is C19H15FeNO2. The van der Waals surface area contributed by atoms with Gasteiger partial charge < -0.3 is 0 Å². The molecule has 4 heteroatoms. The van der Waals surface area contributed by atoms with E-state index < -0.39 is 6.51 Å². The SMILES string of the molecule is Nc1ccc2c(=O)cc([C]34[CH]5[CH]6[CH]7[CH]3[Fe]6754389%10[CH]4[CH]3[CH]8[CH]9[CH]4%10)oc2c1. The fourth-order valence-electron chi connectivity index (χ4n) is 18.2. The third kappa shape index (κ3) is 0.124. The van der Waals surface area contributed by atoms with Gasteiger partial charge in [-0.25, -0.2) is 0 Å². The summed E-state index contributed by atoms with van der Waals surface area (Å²) in [6.45, 7) is -3.25. The van der Waals surface area contributed by atoms with Gasteiger partial charge in [-0.1, -0.05) is 0 Å². The molecule has 2 N–H and O–H groups in total. The summed E-state index contributed by atoms with van der Waals surface area (Å²) >= 11 is 0. The maximum atomic E-state index is 12.8. The van der Waals surface area contributed by atoms with Crippen LogP contribution in [0.5, 0.6) is 0 Å². The Kier molecular flexibility index (Phi) is 0.328. The fraction of sp³-hybridized carbons (Fsp3) is 0.526. The van der Waals surface area contributed by atoms with Crippen LogP contribution < -0.4 is 11.2 Å². The summed E-state index contributed by atoms with van der Waals surface area (Å²) in [6, 6.07) is 7.44. The molecule has 0 aliphatic carbocycles. The van der Waals surface area contributed by atoms with Crippen LogP contribution in [0.3, 0.4) is 0 Å². The van der Waals surface area contributed by atoms with Crippen molar-refractivity contribution in [2.24, 2.45) is 0 Å². The fourth-order valence-corrected chi connectivity index (χ4v) is 92.1. The predicted molar refractivity (Wildman–Crippen MR) is 82.3 cm³/mol. The van der Waals surface area contributed by atoms with Gasteiger partial charge in [-0.3, -0.25) is 0 Å². The van der Waals surface area contributed by atoms with E-state index in [0.29, 0.717) is 15.4 Å². The summed E-state index contributed by atoms with van der Waals surface area (Å²) in [5, 5.41) is 0.703. The monoisotopic (exact) mass is 345 g/mol. The predicted octanol–water partition coefficient (Wildman–Crippen LogP) is 4.17. The Labute approximate surface area is 121 Å². The number of hydrogen-bond acceptors (Lipinski definition) is 3. The molecule has 3 nitrogen and oxygen atoms in total. The van der Waals surface area contributed by atoms with Crippen LogP contribution in [0.4, 0.5) is 5.69 Å². The first-order valence-electron chi connectivity index (χ1n) is 8.97. The van der Waals surface area contributed by atoms with Crippen molar-refractivity contribution in [3.63, 3.8) is 0 Å². The molecule has 4 atom stereocenters. The van der Waals surface area contributed by atoms with Gasteiger partial charge in [0.25, 0.3) is 0 Å². The third-order valence-corrected chi connectivity index (χ3v) is 59.1. The Bertz CT molecular complexity index is 1510. The zero-order valence-electron chi connectivity index (χ0n) is 12.3. The average Bonchev–Trinajstić information content (AvgIpc) is 3.46. The van der Waals surface area contributed by atoms with Crippen molar-refractivity contribution in [3.05, 3.63) is 40.2 Å². The van der Waals surface area contributed by atoms with Crippen molar-refractivity contribution in [1.29, 1.82) is 0 Å². The van der Waals surface area contributed by atoms with Crippen molar-refractivity contribution >= 4 is 16.7 Å². The quantitative estimate of drug-likeness (QED) is 0.623. The number of nitrogen functional groups attached to an aromatic ring is 1. The second-order valence-corrected chi connectivity index (χ2v) is 36.0. The second kappa shape index (κ2) is 0.865. The number of anilines is 1. The molecule has 116 valence electrons. The summed E-state index contributed by atoms with van der Waals surface area (Å²) in [5.74, 6) is 1.16. The third-order valence-electron chi connectivity index (χ3n) is 16.8. The minimum atomic E-state index is -3.25. The van der Waals surface area contributed by atoms with Crippen LogP contribution in [0.15, 0.2) is 33.5 Å². The van der Waals surface area contributed by atoms with E-state index in [0.717, 1.165) is 21.0 Å². The standard InChI is InChI=1S/C14H10NO2.C5H5.Fe/c15-10-5-6-11-12(16)8-13(17-14(11)7-10)9-3-1-2-4-9;1-2-4-5-3-1;/h1-8H,15H2;1-5H;. The number of rotatable bonds is 1. The van der Waals surface area contributed by atoms with Crippen molar-refractivity contribution in [1.82, 2.24) is 0 Å². The van der Waals surface area contributed by atoms with Gasteiger partial charge in [0.15, 0.2) is 0 Å². The molecule has 1 aromatic carbocycles. The van der Waals surface area contributed by atoms with Crippen LogP contribution in [0.1, 0.15) is 5.76 Å². The molecule has 0 radical (unpaired) electrons.